The number of nitriles is 1. The number of anilines is 1. The van der Waals surface area contributed by atoms with E-state index >= 15 is 0 Å². The van der Waals surface area contributed by atoms with E-state index in [4.69, 9.17) is 23.1 Å². The molecule has 9 nitrogen and oxygen atoms in total. The third-order valence-electron chi connectivity index (χ3n) is 4.60. The molecule has 1 aromatic heterocycles. The van der Waals surface area contributed by atoms with Gasteiger partial charge in [-0.1, -0.05) is 11.6 Å². The van der Waals surface area contributed by atoms with E-state index in [0.717, 1.165) is 0 Å². The molecule has 5 N–H and O–H groups in total. The molecule has 2 atom stereocenters. The minimum atomic E-state index is -5.40. The number of nitrogens with one attached hydrogen (secondary N) is 1. The Kier molecular flexibility index (Phi) is 5.72. The number of nitrogens with zero attached hydrogens (tertiary/aromatic N) is 3. The molecule has 1 aliphatic rings. The van der Waals surface area contributed by atoms with Gasteiger partial charge in [-0.25, -0.2) is 4.68 Å². The molecule has 2 heterocycles. The van der Waals surface area contributed by atoms with Crippen LogP contribution in [0.25, 0.3) is 5.69 Å². The summed E-state index contributed by atoms with van der Waals surface area (Å²) in [5, 5.41) is 14.2. The monoisotopic (exact) mass is 514 g/mol. The summed E-state index contributed by atoms with van der Waals surface area (Å²) < 4.78 is 92.5. The van der Waals surface area contributed by atoms with Crippen LogP contribution in [0.3, 0.4) is 0 Å². The van der Waals surface area contributed by atoms with Crippen LogP contribution < -0.4 is 16.8 Å². The van der Waals surface area contributed by atoms with Gasteiger partial charge in [0.25, 0.3) is 0 Å². The highest BCUT2D eigenvalue weighted by atomic mass is 35.5. The van der Waals surface area contributed by atoms with Crippen LogP contribution in [-0.4, -0.2) is 31.7 Å². The lowest BCUT2D eigenvalue weighted by Crippen LogP contribution is -2.53. The third-order valence-corrected chi connectivity index (χ3v) is 6.06. The highest BCUT2D eigenvalue weighted by Gasteiger charge is 2.55. The molecule has 1 aliphatic heterocycles. The van der Waals surface area contributed by atoms with Crippen molar-refractivity contribution >= 4 is 40.4 Å². The quantitative estimate of drug-likeness (QED) is 0.417. The normalized spacial score (nSPS) is 18.5. The molecule has 0 saturated heterocycles. The van der Waals surface area contributed by atoms with Crippen molar-refractivity contribution in [2.45, 2.75) is 28.5 Å². The molecule has 0 aliphatic carbocycles. The molecular formula is C16H9ClF6N6O3S. The van der Waals surface area contributed by atoms with E-state index in [2.05, 4.69) is 10.4 Å². The standard InChI is InChI=1S/C16H9ClF6N6O3S/c17-7-2-5(15(18,19)20)1-6-10(7)29-12(27-14(6,13(26)31)3-9(25)30)11(8(4-24)28-29)33(32)16(21,22)23/h1-2,27H,3H2,(H2,25,30)(H2,26,31). The summed E-state index contributed by atoms with van der Waals surface area (Å²) in [6, 6.07) is 2.07. The zero-order valence-electron chi connectivity index (χ0n) is 15.6. The van der Waals surface area contributed by atoms with Gasteiger partial charge in [0, 0.05) is 5.56 Å². The number of fused-ring (bicyclic) bond motifs is 3. The molecule has 0 saturated carbocycles. The summed E-state index contributed by atoms with van der Waals surface area (Å²) in [7, 11) is 0. The SMILES string of the molecule is N#Cc1nn2c(c1[S+]([O-])C(F)(F)F)NC(CC(N)=O)(C(N)=O)c1cc(C(F)(F)F)cc(Cl)c1-2. The first kappa shape index (κ1) is 24.5. The Hall–Kier alpha value is -3.16. The van der Waals surface area contributed by atoms with Gasteiger partial charge in [0.2, 0.25) is 22.4 Å². The second kappa shape index (κ2) is 7.71. The van der Waals surface area contributed by atoms with E-state index in [-0.39, 0.29) is 0 Å². The van der Waals surface area contributed by atoms with E-state index in [0.29, 0.717) is 16.8 Å². The lowest BCUT2D eigenvalue weighted by molar-refractivity contribution is -0.137. The van der Waals surface area contributed by atoms with Crippen LogP contribution in [0.2, 0.25) is 5.02 Å². The first-order valence-electron chi connectivity index (χ1n) is 8.34. The van der Waals surface area contributed by atoms with E-state index in [1.807, 2.05) is 0 Å². The van der Waals surface area contributed by atoms with Gasteiger partial charge in [0.15, 0.2) is 11.4 Å². The molecular weight excluding hydrogens is 506 g/mol. The number of alkyl halides is 6. The van der Waals surface area contributed by atoms with Crippen LogP contribution in [0.4, 0.5) is 32.2 Å². The fourth-order valence-electron chi connectivity index (χ4n) is 3.29. The predicted molar refractivity (Wildman–Crippen MR) is 99.1 cm³/mol. The van der Waals surface area contributed by atoms with Crippen LogP contribution in [0, 0.1) is 11.3 Å². The topological polar surface area (TPSA) is 163 Å². The van der Waals surface area contributed by atoms with E-state index in [1.54, 1.807) is 0 Å². The molecule has 0 radical (unpaired) electrons. The second-order valence-electron chi connectivity index (χ2n) is 6.65. The maximum Gasteiger partial charge on any atom is 0.578 e. The number of halogens is 7. The van der Waals surface area contributed by atoms with Gasteiger partial charge in [0.05, 0.1) is 22.7 Å². The molecule has 3 rings (SSSR count). The molecule has 0 fully saturated rings. The van der Waals surface area contributed by atoms with Crippen molar-refractivity contribution < 1.29 is 40.5 Å². The summed E-state index contributed by atoms with van der Waals surface area (Å²) >= 11 is 2.09. The number of primary amides is 2. The molecule has 2 amide bonds. The largest absolute Gasteiger partial charge is 0.604 e. The van der Waals surface area contributed by atoms with Crippen molar-refractivity contribution in [3.05, 3.63) is 34.0 Å². The number of rotatable bonds is 4. The minimum absolute atomic E-state index is 0.388. The van der Waals surface area contributed by atoms with Crippen LogP contribution in [-0.2, 0) is 32.5 Å². The maximum atomic E-state index is 13.4. The maximum absolute atomic E-state index is 13.4. The fourth-order valence-corrected chi connectivity index (χ4v) is 4.40. The predicted octanol–water partition coefficient (Wildman–Crippen LogP) is 2.03. The van der Waals surface area contributed by atoms with Crippen molar-refractivity contribution in [1.29, 1.82) is 5.26 Å². The Morgan fingerprint density at radius 1 is 1.27 bits per heavy atom. The molecule has 2 unspecified atom stereocenters. The molecule has 176 valence electrons. The van der Waals surface area contributed by atoms with Crippen molar-refractivity contribution in [3.63, 3.8) is 0 Å². The lowest BCUT2D eigenvalue weighted by atomic mass is 9.82. The van der Waals surface area contributed by atoms with Crippen molar-refractivity contribution in [1.82, 2.24) is 9.78 Å². The lowest BCUT2D eigenvalue weighted by Gasteiger charge is -2.38. The van der Waals surface area contributed by atoms with Crippen LogP contribution in [0.1, 0.15) is 23.2 Å². The van der Waals surface area contributed by atoms with Crippen molar-refractivity contribution in [2.75, 3.05) is 5.32 Å². The second-order valence-corrected chi connectivity index (χ2v) is 8.47. The number of carbonyl (C=O) groups excluding carboxylic acids is 2. The van der Waals surface area contributed by atoms with Gasteiger partial charge < -0.3 is 21.3 Å². The Labute approximate surface area is 187 Å². The first-order chi connectivity index (χ1) is 15.0. The Morgan fingerprint density at radius 3 is 2.33 bits per heavy atom. The Bertz CT molecular complexity index is 1220. The van der Waals surface area contributed by atoms with Gasteiger partial charge in [-0.2, -0.15) is 18.4 Å². The number of hydrogen-bond donors (Lipinski definition) is 3. The highest BCUT2D eigenvalue weighted by Crippen LogP contribution is 2.48. The zero-order chi connectivity index (χ0) is 25.1. The Morgan fingerprint density at radius 2 is 1.88 bits per heavy atom. The fraction of sp³-hybridized carbons (Fsp3) is 0.250. The minimum Gasteiger partial charge on any atom is -0.604 e. The number of nitrogens with two attached hydrogens (primary N) is 2. The summed E-state index contributed by atoms with van der Waals surface area (Å²) in [6.45, 7) is 0. The van der Waals surface area contributed by atoms with Crippen molar-refractivity contribution in [2.24, 2.45) is 11.5 Å². The average Bonchev–Trinajstić information content (AvgIpc) is 3.02. The molecule has 17 heteroatoms. The van der Waals surface area contributed by atoms with E-state index < -0.39 is 84.9 Å². The Balaban J connectivity index is 2.50. The summed E-state index contributed by atoms with van der Waals surface area (Å²) in [4.78, 5) is 22.9. The van der Waals surface area contributed by atoms with Crippen LogP contribution >= 0.6 is 11.6 Å². The van der Waals surface area contributed by atoms with Gasteiger partial charge in [-0.3, -0.25) is 9.59 Å². The number of carbonyl (C=O) groups is 2. The van der Waals surface area contributed by atoms with Crippen molar-refractivity contribution in [3.8, 4) is 11.8 Å². The van der Waals surface area contributed by atoms with Gasteiger partial charge in [0.1, 0.15) is 17.2 Å². The van der Waals surface area contributed by atoms with Gasteiger partial charge >= 0.3 is 11.7 Å². The smallest absolute Gasteiger partial charge is 0.578 e. The van der Waals surface area contributed by atoms with Crippen LogP contribution in [0.15, 0.2) is 17.0 Å². The molecule has 1 aromatic carbocycles. The average molecular weight is 515 g/mol. The third kappa shape index (κ3) is 3.92. The summed E-state index contributed by atoms with van der Waals surface area (Å²) in [5.74, 6) is -3.70. The number of benzene rings is 1. The molecule has 0 spiro atoms. The zero-order valence-corrected chi connectivity index (χ0v) is 17.2. The summed E-state index contributed by atoms with van der Waals surface area (Å²) in [6.07, 6.45) is -6.13. The number of aromatic nitrogens is 2. The molecule has 2 aromatic rings. The molecule has 0 bridgehead atoms. The highest BCUT2D eigenvalue weighted by molar-refractivity contribution is 7.92. The van der Waals surface area contributed by atoms with Crippen LogP contribution in [0.5, 0.6) is 0 Å². The number of amides is 2. The molecule has 33 heavy (non-hydrogen) atoms. The van der Waals surface area contributed by atoms with E-state index in [9.17, 15) is 45.7 Å². The summed E-state index contributed by atoms with van der Waals surface area (Å²) in [5.41, 5.74) is -1.29. The van der Waals surface area contributed by atoms with Gasteiger partial charge in [-0.05, 0) is 12.1 Å². The first-order valence-corrected chi connectivity index (χ1v) is 9.87. The number of hydrogen-bond acceptors (Lipinski definition) is 6. The van der Waals surface area contributed by atoms with E-state index in [1.165, 1.54) is 6.07 Å². The van der Waals surface area contributed by atoms with Gasteiger partial charge in [-0.15, -0.1) is 18.3 Å².